The van der Waals surface area contributed by atoms with Crippen LogP contribution in [0.15, 0.2) is 23.2 Å². The number of aliphatic hydroxyl groups is 1. The SMILES string of the molecule is Br.CCN=C1SC2Cc3cc(Cl)ccc3C2(O)C1CC. The standard InChI is InChI=1S/C15H18ClNOS.BrH/c1-3-11-14(17-4-2)19-13-8-9-7-10(16)5-6-12(9)15(11,13)18;/h5-7,11,13,18H,3-4,8H2,1-2H3;1H. The van der Waals surface area contributed by atoms with Gasteiger partial charge in [0.15, 0.2) is 0 Å². The van der Waals surface area contributed by atoms with E-state index in [1.807, 2.05) is 25.1 Å². The van der Waals surface area contributed by atoms with Crippen LogP contribution in [0, 0.1) is 5.92 Å². The molecule has 110 valence electrons. The maximum absolute atomic E-state index is 11.3. The second kappa shape index (κ2) is 5.99. The van der Waals surface area contributed by atoms with Crippen LogP contribution in [0.4, 0.5) is 0 Å². The topological polar surface area (TPSA) is 32.6 Å². The first-order chi connectivity index (χ1) is 9.11. The van der Waals surface area contributed by atoms with E-state index in [1.165, 1.54) is 5.56 Å². The summed E-state index contributed by atoms with van der Waals surface area (Å²) >= 11 is 7.82. The number of aliphatic imine (C=N–C) groups is 1. The second-order valence-electron chi connectivity index (χ2n) is 5.21. The van der Waals surface area contributed by atoms with Crippen LogP contribution in [-0.4, -0.2) is 21.9 Å². The highest BCUT2D eigenvalue weighted by atomic mass is 79.9. The molecular formula is C15H19BrClNOS. The molecule has 0 spiro atoms. The predicted molar refractivity (Wildman–Crippen MR) is 92.5 cm³/mol. The van der Waals surface area contributed by atoms with Gasteiger partial charge in [0.05, 0.1) is 5.04 Å². The molecule has 0 radical (unpaired) electrons. The molecule has 0 aromatic heterocycles. The van der Waals surface area contributed by atoms with Gasteiger partial charge in [-0.25, -0.2) is 0 Å². The first kappa shape index (κ1) is 16.3. The summed E-state index contributed by atoms with van der Waals surface area (Å²) in [7, 11) is 0. The molecule has 5 heteroatoms. The normalized spacial score (nSPS) is 32.9. The minimum atomic E-state index is -0.757. The fraction of sp³-hybridized carbons (Fsp3) is 0.533. The number of rotatable bonds is 2. The number of halogens is 2. The fourth-order valence-corrected chi connectivity index (χ4v) is 5.33. The van der Waals surface area contributed by atoms with Gasteiger partial charge in [-0.05, 0) is 43.0 Å². The Morgan fingerprint density at radius 2 is 2.20 bits per heavy atom. The molecule has 1 aromatic rings. The zero-order chi connectivity index (χ0) is 13.6. The van der Waals surface area contributed by atoms with Gasteiger partial charge in [0.2, 0.25) is 0 Å². The Kier molecular flexibility index (Phi) is 4.90. The zero-order valence-corrected chi connectivity index (χ0v) is 14.9. The molecule has 0 bridgehead atoms. The summed E-state index contributed by atoms with van der Waals surface area (Å²) in [5, 5.41) is 13.4. The van der Waals surface area contributed by atoms with Crippen molar-refractivity contribution in [3.05, 3.63) is 34.3 Å². The van der Waals surface area contributed by atoms with Crippen molar-refractivity contribution in [1.29, 1.82) is 0 Å². The van der Waals surface area contributed by atoms with E-state index in [0.29, 0.717) is 0 Å². The van der Waals surface area contributed by atoms with Gasteiger partial charge in [-0.2, -0.15) is 0 Å². The predicted octanol–water partition coefficient (Wildman–Crippen LogP) is 4.22. The molecule has 2 aliphatic rings. The summed E-state index contributed by atoms with van der Waals surface area (Å²) in [4.78, 5) is 4.59. The summed E-state index contributed by atoms with van der Waals surface area (Å²) in [6, 6.07) is 5.87. The molecule has 3 atom stereocenters. The Labute approximate surface area is 139 Å². The molecule has 1 aliphatic carbocycles. The van der Waals surface area contributed by atoms with Gasteiger partial charge >= 0.3 is 0 Å². The molecule has 1 aromatic carbocycles. The van der Waals surface area contributed by atoms with Crippen molar-refractivity contribution in [3.63, 3.8) is 0 Å². The summed E-state index contributed by atoms with van der Waals surface area (Å²) in [5.74, 6) is 0.130. The maximum Gasteiger partial charge on any atom is 0.111 e. The summed E-state index contributed by atoms with van der Waals surface area (Å²) in [6.07, 6.45) is 1.80. The van der Waals surface area contributed by atoms with Gasteiger partial charge in [-0.1, -0.05) is 24.6 Å². The lowest BCUT2D eigenvalue weighted by molar-refractivity contribution is 0.0139. The molecule has 1 saturated heterocycles. The third-order valence-corrected chi connectivity index (χ3v) is 5.91. The number of hydrogen-bond acceptors (Lipinski definition) is 3. The molecular weight excluding hydrogens is 358 g/mol. The van der Waals surface area contributed by atoms with Crippen molar-refractivity contribution in [2.24, 2.45) is 10.9 Å². The van der Waals surface area contributed by atoms with Crippen LogP contribution in [-0.2, 0) is 12.0 Å². The van der Waals surface area contributed by atoms with Crippen LogP contribution >= 0.6 is 40.3 Å². The number of benzene rings is 1. The van der Waals surface area contributed by atoms with E-state index in [2.05, 4.69) is 11.9 Å². The first-order valence-corrected chi connectivity index (χ1v) is 8.09. The lowest BCUT2D eigenvalue weighted by atomic mass is 9.81. The van der Waals surface area contributed by atoms with E-state index in [4.69, 9.17) is 11.6 Å². The Balaban J connectivity index is 0.00000147. The highest BCUT2D eigenvalue weighted by Gasteiger charge is 2.57. The van der Waals surface area contributed by atoms with Gasteiger partial charge in [0.25, 0.3) is 0 Å². The Bertz CT molecular complexity index is 551. The van der Waals surface area contributed by atoms with E-state index in [9.17, 15) is 5.11 Å². The number of fused-ring (bicyclic) bond motifs is 3. The summed E-state index contributed by atoms with van der Waals surface area (Å²) in [6.45, 7) is 4.96. The minimum Gasteiger partial charge on any atom is -0.383 e. The monoisotopic (exact) mass is 375 g/mol. The molecule has 0 amide bonds. The lowest BCUT2D eigenvalue weighted by Crippen LogP contribution is -2.37. The van der Waals surface area contributed by atoms with E-state index < -0.39 is 5.60 Å². The molecule has 1 aliphatic heterocycles. The number of nitrogens with zero attached hydrogens (tertiary/aromatic N) is 1. The average molecular weight is 377 g/mol. The van der Waals surface area contributed by atoms with Crippen molar-refractivity contribution >= 4 is 45.4 Å². The molecule has 3 rings (SSSR count). The van der Waals surface area contributed by atoms with Crippen molar-refractivity contribution in [3.8, 4) is 0 Å². The number of hydrogen-bond donors (Lipinski definition) is 1. The van der Waals surface area contributed by atoms with Gasteiger partial charge in [-0.15, -0.1) is 28.7 Å². The van der Waals surface area contributed by atoms with Gasteiger partial charge in [-0.3, -0.25) is 4.99 Å². The molecule has 0 saturated carbocycles. The summed E-state index contributed by atoms with van der Waals surface area (Å²) < 4.78 is 0. The van der Waals surface area contributed by atoms with Crippen molar-refractivity contribution < 1.29 is 5.11 Å². The third-order valence-electron chi connectivity index (χ3n) is 4.21. The van der Waals surface area contributed by atoms with Gasteiger partial charge < -0.3 is 5.11 Å². The van der Waals surface area contributed by atoms with Crippen LogP contribution in [0.5, 0.6) is 0 Å². The van der Waals surface area contributed by atoms with Crippen LogP contribution in [0.3, 0.4) is 0 Å². The van der Waals surface area contributed by atoms with Gasteiger partial charge in [0.1, 0.15) is 5.60 Å². The second-order valence-corrected chi connectivity index (χ2v) is 6.87. The van der Waals surface area contributed by atoms with Crippen LogP contribution in [0.25, 0.3) is 0 Å². The highest BCUT2D eigenvalue weighted by molar-refractivity contribution is 8.93. The molecule has 2 nitrogen and oxygen atoms in total. The maximum atomic E-state index is 11.3. The van der Waals surface area contributed by atoms with Crippen molar-refractivity contribution in [1.82, 2.24) is 0 Å². The molecule has 1 fully saturated rings. The van der Waals surface area contributed by atoms with Crippen LogP contribution in [0.1, 0.15) is 31.4 Å². The van der Waals surface area contributed by atoms with E-state index in [1.54, 1.807) is 11.8 Å². The highest BCUT2D eigenvalue weighted by Crippen LogP contribution is 2.56. The smallest absolute Gasteiger partial charge is 0.111 e. The van der Waals surface area contributed by atoms with Crippen molar-refractivity contribution in [2.45, 2.75) is 37.5 Å². The van der Waals surface area contributed by atoms with Gasteiger partial charge in [0, 0.05) is 22.7 Å². The first-order valence-electron chi connectivity index (χ1n) is 6.83. The molecule has 1 N–H and O–H groups in total. The van der Waals surface area contributed by atoms with Crippen molar-refractivity contribution in [2.75, 3.05) is 6.54 Å². The largest absolute Gasteiger partial charge is 0.383 e. The molecule has 1 heterocycles. The summed E-state index contributed by atoms with van der Waals surface area (Å²) in [5.41, 5.74) is 1.50. The van der Waals surface area contributed by atoms with E-state index in [0.717, 1.165) is 35.0 Å². The van der Waals surface area contributed by atoms with Crippen LogP contribution in [0.2, 0.25) is 5.02 Å². The Morgan fingerprint density at radius 3 is 2.85 bits per heavy atom. The minimum absolute atomic E-state index is 0. The fourth-order valence-electron chi connectivity index (χ4n) is 3.40. The zero-order valence-electron chi connectivity index (χ0n) is 11.6. The van der Waals surface area contributed by atoms with E-state index in [-0.39, 0.29) is 28.1 Å². The molecule has 20 heavy (non-hydrogen) atoms. The van der Waals surface area contributed by atoms with Crippen LogP contribution < -0.4 is 0 Å². The Hall–Kier alpha value is -0.0300. The van der Waals surface area contributed by atoms with E-state index >= 15 is 0 Å². The Morgan fingerprint density at radius 1 is 1.45 bits per heavy atom. The quantitative estimate of drug-likeness (QED) is 0.838. The molecule has 3 unspecified atom stereocenters. The third kappa shape index (κ3) is 2.25. The lowest BCUT2D eigenvalue weighted by Gasteiger charge is -2.29. The number of thioether (sulfide) groups is 1. The average Bonchev–Trinajstić information content (AvgIpc) is 2.77.